The molecule has 2 aromatic carbocycles. The number of benzene rings is 2. The van der Waals surface area contributed by atoms with Crippen LogP contribution in [0.3, 0.4) is 0 Å². The van der Waals surface area contributed by atoms with Crippen molar-refractivity contribution in [3.8, 4) is 23.0 Å². The Morgan fingerprint density at radius 1 is 0.781 bits per heavy atom. The van der Waals surface area contributed by atoms with Crippen molar-refractivity contribution in [1.82, 2.24) is 0 Å². The van der Waals surface area contributed by atoms with Crippen molar-refractivity contribution >= 4 is 12.2 Å². The highest BCUT2D eigenvalue weighted by molar-refractivity contribution is 5.72. The van der Waals surface area contributed by atoms with Gasteiger partial charge in [0.05, 0.1) is 27.9 Å². The van der Waals surface area contributed by atoms with Crippen molar-refractivity contribution in [2.45, 2.75) is 30.7 Å². The molecule has 0 spiro atoms. The summed E-state index contributed by atoms with van der Waals surface area (Å²) in [6.07, 6.45) is -3.11. The van der Waals surface area contributed by atoms with Crippen LogP contribution < -0.4 is 18.9 Å². The van der Waals surface area contributed by atoms with E-state index in [1.54, 1.807) is 38.5 Å². The molecule has 0 radical (unpaired) electrons. The monoisotopic (exact) mass is 448 g/mol. The van der Waals surface area contributed by atoms with Gasteiger partial charge in [-0.3, -0.25) is 0 Å². The second-order valence-electron chi connectivity index (χ2n) is 7.20. The Labute approximate surface area is 186 Å². The minimum absolute atomic E-state index is 0.261. The number of aliphatic hydroxyl groups excluding tert-OH is 4. The van der Waals surface area contributed by atoms with Crippen LogP contribution in [0.2, 0.25) is 0 Å². The molecule has 0 aromatic heterocycles. The Morgan fingerprint density at radius 2 is 1.44 bits per heavy atom. The molecule has 2 aromatic rings. The lowest BCUT2D eigenvalue weighted by Crippen LogP contribution is -2.60. The SMILES string of the molecule is COc1cc(C=Cc2ccc(O[C@@H]3O[C@H](CO)[C@@H](O)[C@H](O)[C@H]3O)c(OC)c2)cc(OC)c1. The summed E-state index contributed by atoms with van der Waals surface area (Å²) in [6, 6.07) is 10.7. The molecule has 0 saturated carbocycles. The average molecular weight is 448 g/mol. The van der Waals surface area contributed by atoms with Crippen LogP contribution in [0.15, 0.2) is 36.4 Å². The van der Waals surface area contributed by atoms with E-state index in [4.69, 9.17) is 23.7 Å². The molecule has 5 atom stereocenters. The van der Waals surface area contributed by atoms with Crippen LogP contribution in [0.5, 0.6) is 23.0 Å². The fourth-order valence-corrected chi connectivity index (χ4v) is 3.29. The molecule has 1 aliphatic rings. The third-order valence-corrected chi connectivity index (χ3v) is 5.12. The van der Waals surface area contributed by atoms with Gasteiger partial charge in [0.1, 0.15) is 35.9 Å². The van der Waals surface area contributed by atoms with Gasteiger partial charge in [0.2, 0.25) is 6.29 Å². The standard InChI is InChI=1S/C23H28O9/c1-28-15-8-14(9-16(11-15)29-2)5-4-13-6-7-17(18(10-13)30-3)31-23-22(27)21(26)20(25)19(12-24)32-23/h4-11,19-27H,12H2,1-3H3/t19-,20-,21+,22-,23-/m1/s1. The third kappa shape index (κ3) is 5.32. The van der Waals surface area contributed by atoms with E-state index in [0.29, 0.717) is 17.2 Å². The highest BCUT2D eigenvalue weighted by Crippen LogP contribution is 2.33. The highest BCUT2D eigenvalue weighted by atomic mass is 16.7. The predicted molar refractivity (Wildman–Crippen MR) is 116 cm³/mol. The molecular weight excluding hydrogens is 420 g/mol. The van der Waals surface area contributed by atoms with Gasteiger partial charge in [-0.15, -0.1) is 0 Å². The van der Waals surface area contributed by atoms with Crippen LogP contribution in [-0.2, 0) is 4.74 Å². The maximum Gasteiger partial charge on any atom is 0.229 e. The molecule has 1 heterocycles. The van der Waals surface area contributed by atoms with Gasteiger partial charge >= 0.3 is 0 Å². The van der Waals surface area contributed by atoms with Crippen LogP contribution >= 0.6 is 0 Å². The quantitative estimate of drug-likeness (QED) is 0.439. The van der Waals surface area contributed by atoms with Crippen molar-refractivity contribution in [2.24, 2.45) is 0 Å². The Bertz CT molecular complexity index is 905. The molecule has 3 rings (SSSR count). The van der Waals surface area contributed by atoms with Crippen LogP contribution in [-0.4, -0.2) is 79.1 Å². The van der Waals surface area contributed by atoms with E-state index in [1.165, 1.54) is 7.11 Å². The third-order valence-electron chi connectivity index (χ3n) is 5.12. The van der Waals surface area contributed by atoms with Gasteiger partial charge in [0.15, 0.2) is 11.5 Å². The van der Waals surface area contributed by atoms with E-state index in [1.807, 2.05) is 24.3 Å². The van der Waals surface area contributed by atoms with Gasteiger partial charge in [0, 0.05) is 6.07 Å². The summed E-state index contributed by atoms with van der Waals surface area (Å²) in [6.45, 7) is -0.541. The Hall–Kier alpha value is -2.82. The van der Waals surface area contributed by atoms with Crippen molar-refractivity contribution in [3.63, 3.8) is 0 Å². The number of hydrogen-bond donors (Lipinski definition) is 4. The van der Waals surface area contributed by atoms with E-state index < -0.39 is 37.3 Å². The number of aliphatic hydroxyl groups is 4. The Balaban J connectivity index is 1.78. The molecule has 9 nitrogen and oxygen atoms in total. The summed E-state index contributed by atoms with van der Waals surface area (Å²) in [5.74, 6) is 1.97. The van der Waals surface area contributed by atoms with Gasteiger partial charge in [-0.1, -0.05) is 18.2 Å². The maximum absolute atomic E-state index is 10.2. The largest absolute Gasteiger partial charge is 0.497 e. The first kappa shape index (κ1) is 23.8. The Kier molecular flexibility index (Phi) is 7.94. The lowest BCUT2D eigenvalue weighted by atomic mass is 9.99. The van der Waals surface area contributed by atoms with E-state index in [-0.39, 0.29) is 5.75 Å². The van der Waals surface area contributed by atoms with Gasteiger partial charge in [-0.2, -0.15) is 0 Å². The first-order chi connectivity index (χ1) is 15.4. The molecule has 4 N–H and O–H groups in total. The molecule has 0 bridgehead atoms. The minimum Gasteiger partial charge on any atom is -0.497 e. The molecule has 0 amide bonds. The maximum atomic E-state index is 10.2. The van der Waals surface area contributed by atoms with E-state index in [0.717, 1.165) is 11.1 Å². The molecule has 174 valence electrons. The zero-order valence-corrected chi connectivity index (χ0v) is 18.0. The fraction of sp³-hybridized carbons (Fsp3) is 0.391. The van der Waals surface area contributed by atoms with Crippen LogP contribution in [0.4, 0.5) is 0 Å². The summed E-state index contributed by atoms with van der Waals surface area (Å²) in [7, 11) is 4.64. The van der Waals surface area contributed by atoms with Crippen molar-refractivity contribution in [2.75, 3.05) is 27.9 Å². The zero-order chi connectivity index (χ0) is 23.3. The molecule has 9 heteroatoms. The molecule has 1 fully saturated rings. The second kappa shape index (κ2) is 10.7. The van der Waals surface area contributed by atoms with Crippen molar-refractivity contribution in [3.05, 3.63) is 47.5 Å². The molecule has 1 aliphatic heterocycles. The molecule has 32 heavy (non-hydrogen) atoms. The predicted octanol–water partition coefficient (Wildman–Crippen LogP) is 1.06. The first-order valence-electron chi connectivity index (χ1n) is 9.96. The molecule has 0 aliphatic carbocycles. The summed E-state index contributed by atoms with van der Waals surface area (Å²) in [4.78, 5) is 0. The van der Waals surface area contributed by atoms with E-state index in [9.17, 15) is 20.4 Å². The van der Waals surface area contributed by atoms with Crippen LogP contribution in [0.1, 0.15) is 11.1 Å². The highest BCUT2D eigenvalue weighted by Gasteiger charge is 2.44. The van der Waals surface area contributed by atoms with Crippen LogP contribution in [0.25, 0.3) is 12.2 Å². The van der Waals surface area contributed by atoms with Gasteiger partial charge in [-0.05, 0) is 35.4 Å². The van der Waals surface area contributed by atoms with E-state index >= 15 is 0 Å². The summed E-state index contributed by atoms with van der Waals surface area (Å²) in [5.41, 5.74) is 1.69. The number of ether oxygens (including phenoxy) is 5. The van der Waals surface area contributed by atoms with Gasteiger partial charge in [-0.25, -0.2) is 0 Å². The fourth-order valence-electron chi connectivity index (χ4n) is 3.29. The van der Waals surface area contributed by atoms with Crippen molar-refractivity contribution in [1.29, 1.82) is 0 Å². The van der Waals surface area contributed by atoms with Gasteiger partial charge in [0.25, 0.3) is 0 Å². The van der Waals surface area contributed by atoms with Crippen LogP contribution in [0, 0.1) is 0 Å². The number of hydrogen-bond acceptors (Lipinski definition) is 9. The summed E-state index contributed by atoms with van der Waals surface area (Å²) in [5, 5.41) is 39.3. The van der Waals surface area contributed by atoms with E-state index in [2.05, 4.69) is 0 Å². The van der Waals surface area contributed by atoms with Crippen molar-refractivity contribution < 1.29 is 44.1 Å². The molecule has 1 saturated heterocycles. The summed E-state index contributed by atoms with van der Waals surface area (Å²) < 4.78 is 27.0. The molecular formula is C23H28O9. The normalized spacial score (nSPS) is 25.5. The molecule has 0 unspecified atom stereocenters. The minimum atomic E-state index is -1.53. The summed E-state index contributed by atoms with van der Waals surface area (Å²) >= 11 is 0. The number of methoxy groups -OCH3 is 3. The zero-order valence-electron chi connectivity index (χ0n) is 18.0. The first-order valence-corrected chi connectivity index (χ1v) is 9.96. The average Bonchev–Trinajstić information content (AvgIpc) is 2.83. The van der Waals surface area contributed by atoms with Gasteiger partial charge < -0.3 is 44.1 Å². The number of rotatable bonds is 8. The lowest BCUT2D eigenvalue weighted by Gasteiger charge is -2.39. The topological polar surface area (TPSA) is 127 Å². The second-order valence-corrected chi connectivity index (χ2v) is 7.20. The Morgan fingerprint density at radius 3 is 2.03 bits per heavy atom. The smallest absolute Gasteiger partial charge is 0.229 e. The lowest BCUT2D eigenvalue weighted by molar-refractivity contribution is -0.277.